The highest BCUT2D eigenvalue weighted by atomic mass is 16.5. The third-order valence-corrected chi connectivity index (χ3v) is 6.91. The Morgan fingerprint density at radius 1 is 1.03 bits per heavy atom. The van der Waals surface area contributed by atoms with E-state index in [4.69, 9.17) is 9.72 Å². The summed E-state index contributed by atoms with van der Waals surface area (Å²) in [6, 6.07) is 7.84. The first kappa shape index (κ1) is 21.8. The van der Waals surface area contributed by atoms with Crippen molar-refractivity contribution in [2.24, 2.45) is 13.0 Å². The topological polar surface area (TPSA) is 77.5 Å². The zero-order valence-electron chi connectivity index (χ0n) is 19.7. The molecule has 2 aliphatic rings. The Bertz CT molecular complexity index is 1270. The Labute approximate surface area is 192 Å². The van der Waals surface area contributed by atoms with Crippen LogP contribution < -0.4 is 20.9 Å². The normalized spacial score (nSPS) is 19.1. The molecule has 0 aliphatic carbocycles. The molecule has 1 saturated heterocycles. The molecular formula is C24H32N6O3. The van der Waals surface area contributed by atoms with Gasteiger partial charge in [-0.1, -0.05) is 13.3 Å². The van der Waals surface area contributed by atoms with Crippen LogP contribution >= 0.6 is 0 Å². The van der Waals surface area contributed by atoms with Gasteiger partial charge in [0.15, 0.2) is 11.2 Å². The lowest BCUT2D eigenvalue weighted by atomic mass is 10.1. The summed E-state index contributed by atoms with van der Waals surface area (Å²) >= 11 is 0. The van der Waals surface area contributed by atoms with Crippen molar-refractivity contribution in [1.29, 1.82) is 0 Å². The van der Waals surface area contributed by atoms with E-state index < -0.39 is 0 Å². The van der Waals surface area contributed by atoms with Crippen LogP contribution in [0.25, 0.3) is 11.2 Å². The van der Waals surface area contributed by atoms with Crippen molar-refractivity contribution in [3.05, 3.63) is 45.1 Å². The van der Waals surface area contributed by atoms with Crippen molar-refractivity contribution < 1.29 is 4.74 Å². The van der Waals surface area contributed by atoms with E-state index >= 15 is 0 Å². The van der Waals surface area contributed by atoms with Gasteiger partial charge in [0.2, 0.25) is 5.95 Å². The molecule has 0 spiro atoms. The van der Waals surface area contributed by atoms with E-state index in [1.807, 2.05) is 28.8 Å². The lowest BCUT2D eigenvalue weighted by molar-refractivity contribution is 0.218. The minimum Gasteiger partial charge on any atom is -0.497 e. The molecule has 9 heteroatoms. The number of likely N-dealkylation sites (tertiary alicyclic amines) is 1. The Morgan fingerprint density at radius 2 is 1.76 bits per heavy atom. The summed E-state index contributed by atoms with van der Waals surface area (Å²) in [4.78, 5) is 35.9. The molecule has 0 amide bonds. The molecule has 3 aromatic rings. The summed E-state index contributed by atoms with van der Waals surface area (Å²) in [6.07, 6.45) is 3.62. The average Bonchev–Trinajstić information content (AvgIpc) is 3.22. The zero-order valence-corrected chi connectivity index (χ0v) is 19.7. The molecule has 1 atom stereocenters. The standard InChI is InChI=1S/C24H32N6O3/c1-17-15-29(18-7-9-19(33-3)10-8-18)23-25-21-20(30(23)16-17)22(31)28(24(32)26(21)2)14-13-27-11-5-4-6-12-27/h7-10,17H,4-6,11-16H2,1-3H3/t17-/m0/s1. The van der Waals surface area contributed by atoms with E-state index in [1.54, 1.807) is 14.2 Å². The van der Waals surface area contributed by atoms with Crippen molar-refractivity contribution in [2.75, 3.05) is 38.2 Å². The highest BCUT2D eigenvalue weighted by Gasteiger charge is 2.30. The van der Waals surface area contributed by atoms with E-state index in [9.17, 15) is 9.59 Å². The Kier molecular flexibility index (Phi) is 5.74. The van der Waals surface area contributed by atoms with Crippen LogP contribution in [0.5, 0.6) is 5.75 Å². The second kappa shape index (κ2) is 8.70. The van der Waals surface area contributed by atoms with Crippen LogP contribution in [-0.4, -0.2) is 56.9 Å². The molecule has 2 aliphatic heterocycles. The monoisotopic (exact) mass is 452 g/mol. The summed E-state index contributed by atoms with van der Waals surface area (Å²) in [5, 5.41) is 0. The molecule has 1 aromatic carbocycles. The first-order valence-electron chi connectivity index (χ1n) is 11.8. The van der Waals surface area contributed by atoms with Gasteiger partial charge < -0.3 is 19.1 Å². The van der Waals surface area contributed by atoms with Gasteiger partial charge in [0.1, 0.15) is 5.75 Å². The molecule has 5 rings (SSSR count). The van der Waals surface area contributed by atoms with Gasteiger partial charge in [0.05, 0.1) is 7.11 Å². The van der Waals surface area contributed by atoms with E-state index in [2.05, 4.69) is 16.7 Å². The van der Waals surface area contributed by atoms with Gasteiger partial charge in [-0.15, -0.1) is 0 Å². The fourth-order valence-electron chi connectivity index (χ4n) is 5.11. The summed E-state index contributed by atoms with van der Waals surface area (Å²) in [7, 11) is 3.36. The van der Waals surface area contributed by atoms with Crippen LogP contribution in [0.15, 0.2) is 33.9 Å². The van der Waals surface area contributed by atoms with Crippen LogP contribution in [0.1, 0.15) is 26.2 Å². The van der Waals surface area contributed by atoms with Crippen LogP contribution in [0.4, 0.5) is 11.6 Å². The van der Waals surface area contributed by atoms with E-state index in [0.29, 0.717) is 36.1 Å². The number of ether oxygens (including phenoxy) is 1. The maximum absolute atomic E-state index is 13.6. The number of imidazole rings is 1. The third kappa shape index (κ3) is 3.84. The van der Waals surface area contributed by atoms with E-state index in [-0.39, 0.29) is 11.2 Å². The number of fused-ring (bicyclic) bond motifs is 3. The molecule has 4 heterocycles. The van der Waals surface area contributed by atoms with E-state index in [1.165, 1.54) is 28.4 Å². The third-order valence-electron chi connectivity index (χ3n) is 6.91. The number of piperidine rings is 1. The second-order valence-electron chi connectivity index (χ2n) is 9.31. The number of anilines is 2. The molecule has 2 aromatic heterocycles. The molecule has 0 N–H and O–H groups in total. The van der Waals surface area contributed by atoms with Crippen molar-refractivity contribution in [2.45, 2.75) is 39.3 Å². The Morgan fingerprint density at radius 3 is 2.45 bits per heavy atom. The largest absolute Gasteiger partial charge is 0.497 e. The number of benzene rings is 1. The Balaban J connectivity index is 1.58. The number of nitrogens with zero attached hydrogens (tertiary/aromatic N) is 6. The molecule has 33 heavy (non-hydrogen) atoms. The van der Waals surface area contributed by atoms with Gasteiger partial charge in [-0.05, 0) is 56.1 Å². The smallest absolute Gasteiger partial charge is 0.332 e. The van der Waals surface area contributed by atoms with Crippen molar-refractivity contribution in [1.82, 2.24) is 23.6 Å². The fraction of sp³-hybridized carbons (Fsp3) is 0.542. The predicted molar refractivity (Wildman–Crippen MR) is 129 cm³/mol. The van der Waals surface area contributed by atoms with Gasteiger partial charge in [0.25, 0.3) is 5.56 Å². The SMILES string of the molecule is COc1ccc(N2C[C@H](C)Cn3c2nc2c3c(=O)n(CCN3CCCCC3)c(=O)n2C)cc1. The average molecular weight is 453 g/mol. The molecule has 176 valence electrons. The lowest BCUT2D eigenvalue weighted by Crippen LogP contribution is -2.43. The number of aromatic nitrogens is 4. The first-order chi connectivity index (χ1) is 16.0. The highest BCUT2D eigenvalue weighted by Crippen LogP contribution is 2.33. The molecule has 0 bridgehead atoms. The number of hydrogen-bond donors (Lipinski definition) is 0. The minimum absolute atomic E-state index is 0.243. The maximum Gasteiger partial charge on any atom is 0.332 e. The van der Waals surface area contributed by atoms with Crippen LogP contribution in [0.2, 0.25) is 0 Å². The van der Waals surface area contributed by atoms with Gasteiger partial charge >= 0.3 is 5.69 Å². The van der Waals surface area contributed by atoms with Crippen molar-refractivity contribution >= 4 is 22.8 Å². The lowest BCUT2D eigenvalue weighted by Gasteiger charge is -2.33. The zero-order chi connectivity index (χ0) is 23.1. The molecule has 0 radical (unpaired) electrons. The molecule has 0 unspecified atom stereocenters. The summed E-state index contributed by atoms with van der Waals surface area (Å²) < 4.78 is 10.2. The van der Waals surface area contributed by atoms with Gasteiger partial charge in [-0.2, -0.15) is 4.98 Å². The van der Waals surface area contributed by atoms with Crippen molar-refractivity contribution in [3.63, 3.8) is 0 Å². The maximum atomic E-state index is 13.6. The van der Waals surface area contributed by atoms with Gasteiger partial charge in [-0.25, -0.2) is 4.79 Å². The predicted octanol–water partition coefficient (Wildman–Crippen LogP) is 2.18. The highest BCUT2D eigenvalue weighted by molar-refractivity contribution is 5.77. The Hall–Kier alpha value is -3.07. The second-order valence-corrected chi connectivity index (χ2v) is 9.31. The summed E-state index contributed by atoms with van der Waals surface area (Å²) in [5.41, 5.74) is 1.39. The van der Waals surface area contributed by atoms with E-state index in [0.717, 1.165) is 37.6 Å². The number of aryl methyl sites for hydroxylation is 1. The summed E-state index contributed by atoms with van der Waals surface area (Å²) in [5.74, 6) is 1.81. The number of rotatable bonds is 5. The molecular weight excluding hydrogens is 420 g/mol. The van der Waals surface area contributed by atoms with Gasteiger partial charge in [0, 0.05) is 38.9 Å². The molecule has 0 saturated carbocycles. The van der Waals surface area contributed by atoms with Crippen molar-refractivity contribution in [3.8, 4) is 5.75 Å². The first-order valence-corrected chi connectivity index (χ1v) is 11.8. The van der Waals surface area contributed by atoms with Crippen LogP contribution in [0.3, 0.4) is 0 Å². The fourth-order valence-corrected chi connectivity index (χ4v) is 5.11. The number of hydrogen-bond acceptors (Lipinski definition) is 6. The number of methoxy groups -OCH3 is 1. The van der Waals surface area contributed by atoms with Crippen LogP contribution in [0, 0.1) is 5.92 Å². The molecule has 1 fully saturated rings. The quantitative estimate of drug-likeness (QED) is 0.591. The van der Waals surface area contributed by atoms with Crippen LogP contribution in [-0.2, 0) is 20.1 Å². The minimum atomic E-state index is -0.302. The summed E-state index contributed by atoms with van der Waals surface area (Å²) in [6.45, 7) is 6.84. The van der Waals surface area contributed by atoms with Gasteiger partial charge in [-0.3, -0.25) is 13.9 Å². The molecule has 9 nitrogen and oxygen atoms in total.